The van der Waals surface area contributed by atoms with Crippen molar-refractivity contribution in [1.29, 1.82) is 0 Å². The van der Waals surface area contributed by atoms with Crippen molar-refractivity contribution in [3.63, 3.8) is 0 Å². The Balaban J connectivity index is 1.95. The van der Waals surface area contributed by atoms with Crippen LogP contribution in [0.15, 0.2) is 64.6 Å². The van der Waals surface area contributed by atoms with Gasteiger partial charge in [0.1, 0.15) is 5.03 Å². The van der Waals surface area contributed by atoms with E-state index in [0.717, 1.165) is 9.92 Å². The van der Waals surface area contributed by atoms with E-state index in [1.807, 2.05) is 18.2 Å². The molecule has 0 saturated heterocycles. The molecule has 1 aromatic heterocycles. The topological polar surface area (TPSA) is 25.8 Å². The number of hydrogen-bond acceptors (Lipinski definition) is 3. The van der Waals surface area contributed by atoms with Gasteiger partial charge < -0.3 is 0 Å². The lowest BCUT2D eigenvalue weighted by Gasteiger charge is -2.03. The summed E-state index contributed by atoms with van der Waals surface area (Å²) in [6.07, 6.45) is 1.67. The highest BCUT2D eigenvalue weighted by Crippen LogP contribution is 2.29. The maximum absolute atomic E-state index is 5.77. The highest BCUT2D eigenvalue weighted by atomic mass is 35.5. The van der Waals surface area contributed by atoms with Gasteiger partial charge in [0.25, 0.3) is 0 Å². The third-order valence-electron chi connectivity index (χ3n) is 2.54. The first kappa shape index (κ1) is 11.5. The first-order valence-electron chi connectivity index (χ1n) is 5.46. The smallest absolute Gasteiger partial charge is 0.223 e. The Morgan fingerprint density at radius 2 is 1.78 bits per heavy atom. The molecule has 0 aliphatic rings. The Kier molecular flexibility index (Phi) is 3.17. The van der Waals surface area contributed by atoms with Crippen LogP contribution in [0.5, 0.6) is 0 Å². The van der Waals surface area contributed by atoms with Crippen molar-refractivity contribution in [3.8, 4) is 0 Å². The van der Waals surface area contributed by atoms with Crippen molar-refractivity contribution in [2.24, 2.45) is 0 Å². The molecule has 1 heterocycles. The van der Waals surface area contributed by atoms with Crippen LogP contribution in [0, 0.1) is 0 Å². The second-order valence-electron chi connectivity index (χ2n) is 3.77. The zero-order chi connectivity index (χ0) is 12.4. The molecule has 3 rings (SSSR count). The summed E-state index contributed by atoms with van der Waals surface area (Å²) in [5.41, 5.74) is 0. The summed E-state index contributed by atoms with van der Waals surface area (Å²) in [5.74, 6) is 0. The number of nitrogens with zero attached hydrogens (tertiary/aromatic N) is 2. The van der Waals surface area contributed by atoms with Gasteiger partial charge in [0.2, 0.25) is 5.28 Å². The lowest BCUT2D eigenvalue weighted by molar-refractivity contribution is 1.05. The highest BCUT2D eigenvalue weighted by Gasteiger charge is 2.01. The number of fused-ring (bicyclic) bond motifs is 1. The van der Waals surface area contributed by atoms with Gasteiger partial charge in [-0.1, -0.05) is 42.1 Å². The van der Waals surface area contributed by atoms with Crippen molar-refractivity contribution >= 4 is 34.1 Å². The van der Waals surface area contributed by atoms with Gasteiger partial charge in [-0.05, 0) is 40.6 Å². The first-order chi connectivity index (χ1) is 8.81. The van der Waals surface area contributed by atoms with Crippen molar-refractivity contribution in [1.82, 2.24) is 9.97 Å². The quantitative estimate of drug-likeness (QED) is 0.510. The van der Waals surface area contributed by atoms with E-state index in [-0.39, 0.29) is 5.28 Å². The van der Waals surface area contributed by atoms with Crippen LogP contribution in [-0.2, 0) is 0 Å². The summed E-state index contributed by atoms with van der Waals surface area (Å²) in [6.45, 7) is 0. The maximum Gasteiger partial charge on any atom is 0.223 e. The van der Waals surface area contributed by atoms with Crippen molar-refractivity contribution in [2.75, 3.05) is 0 Å². The molecule has 2 nitrogen and oxygen atoms in total. The molecule has 0 unspecified atom stereocenters. The molecule has 18 heavy (non-hydrogen) atoms. The largest absolute Gasteiger partial charge is 0.226 e. The normalized spacial score (nSPS) is 10.7. The van der Waals surface area contributed by atoms with Crippen LogP contribution in [0.4, 0.5) is 0 Å². The molecule has 0 spiro atoms. The van der Waals surface area contributed by atoms with Gasteiger partial charge in [-0.15, -0.1) is 0 Å². The Bertz CT molecular complexity index is 700. The third-order valence-corrected chi connectivity index (χ3v) is 3.65. The van der Waals surface area contributed by atoms with E-state index >= 15 is 0 Å². The summed E-state index contributed by atoms with van der Waals surface area (Å²) < 4.78 is 0. The standard InChI is InChI=1S/C14H9ClN2S/c15-14-16-8-7-13(17-14)18-12-6-5-10-3-1-2-4-11(10)9-12/h1-9H. The summed E-state index contributed by atoms with van der Waals surface area (Å²) in [7, 11) is 0. The number of benzene rings is 2. The first-order valence-corrected chi connectivity index (χ1v) is 6.66. The zero-order valence-corrected chi connectivity index (χ0v) is 10.9. The van der Waals surface area contributed by atoms with E-state index in [0.29, 0.717) is 0 Å². The molecule has 0 atom stereocenters. The van der Waals surface area contributed by atoms with E-state index in [2.05, 4.69) is 40.3 Å². The van der Waals surface area contributed by atoms with E-state index in [1.54, 1.807) is 18.0 Å². The monoisotopic (exact) mass is 272 g/mol. The lowest BCUT2D eigenvalue weighted by atomic mass is 10.1. The molecule has 0 saturated carbocycles. The fourth-order valence-corrected chi connectivity index (χ4v) is 2.75. The Hall–Kier alpha value is -1.58. The van der Waals surface area contributed by atoms with Gasteiger partial charge in [-0.2, -0.15) is 0 Å². The van der Waals surface area contributed by atoms with Crippen LogP contribution in [-0.4, -0.2) is 9.97 Å². The second kappa shape index (κ2) is 4.96. The van der Waals surface area contributed by atoms with Crippen molar-refractivity contribution < 1.29 is 0 Å². The molecule has 2 aromatic carbocycles. The number of halogens is 1. The van der Waals surface area contributed by atoms with Gasteiger partial charge in [-0.25, -0.2) is 9.97 Å². The summed E-state index contributed by atoms with van der Waals surface area (Å²) in [5, 5.41) is 3.59. The number of rotatable bonds is 2. The van der Waals surface area contributed by atoms with Gasteiger partial charge in [0.05, 0.1) is 0 Å². The molecular weight excluding hydrogens is 264 g/mol. The van der Waals surface area contributed by atoms with Gasteiger partial charge in [0.15, 0.2) is 0 Å². The molecule has 0 aliphatic carbocycles. The van der Waals surface area contributed by atoms with Crippen LogP contribution in [0.2, 0.25) is 5.28 Å². The molecule has 0 bridgehead atoms. The van der Waals surface area contributed by atoms with Gasteiger partial charge in [-0.3, -0.25) is 0 Å². The van der Waals surface area contributed by atoms with Crippen LogP contribution >= 0.6 is 23.4 Å². The van der Waals surface area contributed by atoms with Crippen molar-refractivity contribution in [3.05, 3.63) is 60.0 Å². The van der Waals surface area contributed by atoms with Crippen LogP contribution in [0.25, 0.3) is 10.8 Å². The lowest BCUT2D eigenvalue weighted by Crippen LogP contribution is -1.83. The van der Waals surface area contributed by atoms with Crippen molar-refractivity contribution in [2.45, 2.75) is 9.92 Å². The molecule has 0 N–H and O–H groups in total. The minimum atomic E-state index is 0.279. The van der Waals surface area contributed by atoms with E-state index in [9.17, 15) is 0 Å². The van der Waals surface area contributed by atoms with Gasteiger partial charge in [0, 0.05) is 11.1 Å². The molecule has 4 heteroatoms. The predicted molar refractivity (Wildman–Crippen MR) is 75.1 cm³/mol. The Labute approximate surface area is 114 Å². The Morgan fingerprint density at radius 3 is 2.61 bits per heavy atom. The minimum absolute atomic E-state index is 0.279. The summed E-state index contributed by atoms with van der Waals surface area (Å²) >= 11 is 7.35. The molecular formula is C14H9ClN2S. The van der Waals surface area contributed by atoms with E-state index in [4.69, 9.17) is 11.6 Å². The fourth-order valence-electron chi connectivity index (χ4n) is 1.73. The summed E-state index contributed by atoms with van der Waals surface area (Å²) in [6, 6.07) is 16.5. The third kappa shape index (κ3) is 2.47. The minimum Gasteiger partial charge on any atom is -0.226 e. The highest BCUT2D eigenvalue weighted by molar-refractivity contribution is 7.99. The molecule has 88 valence electrons. The second-order valence-corrected chi connectivity index (χ2v) is 5.21. The molecule has 0 aliphatic heterocycles. The summed E-state index contributed by atoms with van der Waals surface area (Å²) in [4.78, 5) is 9.18. The van der Waals surface area contributed by atoms with E-state index < -0.39 is 0 Å². The molecule has 0 amide bonds. The average Bonchev–Trinajstić information content (AvgIpc) is 2.39. The molecule has 0 fully saturated rings. The predicted octanol–water partition coefficient (Wildman–Crippen LogP) is 4.43. The van der Waals surface area contributed by atoms with Crippen LogP contribution < -0.4 is 0 Å². The Morgan fingerprint density at radius 1 is 0.944 bits per heavy atom. The SMILES string of the molecule is Clc1nccc(Sc2ccc3ccccc3c2)n1. The number of aromatic nitrogens is 2. The van der Waals surface area contributed by atoms with E-state index in [1.165, 1.54) is 10.8 Å². The zero-order valence-electron chi connectivity index (χ0n) is 9.38. The average molecular weight is 273 g/mol. The number of hydrogen-bond donors (Lipinski definition) is 0. The fraction of sp³-hybridized carbons (Fsp3) is 0. The maximum atomic E-state index is 5.77. The molecule has 3 aromatic rings. The molecule has 0 radical (unpaired) electrons. The van der Waals surface area contributed by atoms with Gasteiger partial charge >= 0.3 is 0 Å². The van der Waals surface area contributed by atoms with Crippen LogP contribution in [0.3, 0.4) is 0 Å². The van der Waals surface area contributed by atoms with Crippen LogP contribution in [0.1, 0.15) is 0 Å².